The van der Waals surface area contributed by atoms with Gasteiger partial charge in [0, 0.05) is 25.6 Å². The first-order chi connectivity index (χ1) is 25.6. The lowest BCUT2D eigenvalue weighted by Gasteiger charge is -2.37. The molecule has 10 heteroatoms. The monoisotopic (exact) mass is 710 g/mol. The van der Waals surface area contributed by atoms with E-state index in [9.17, 15) is 30.0 Å². The fraction of sp³-hybridized carbons (Fsp3) is 0.186. The Morgan fingerprint density at radius 3 is 1.81 bits per heavy atom. The number of nitrogens with one attached hydrogen (secondary N) is 2. The van der Waals surface area contributed by atoms with E-state index in [-0.39, 0.29) is 54.7 Å². The van der Waals surface area contributed by atoms with Crippen molar-refractivity contribution in [1.29, 1.82) is 0 Å². The molecule has 270 valence electrons. The van der Waals surface area contributed by atoms with E-state index in [2.05, 4.69) is 70.7 Å². The number of rotatable bonds is 14. The number of aryl methyl sites for hydroxylation is 2. The van der Waals surface area contributed by atoms with Crippen molar-refractivity contribution in [2.45, 2.75) is 44.2 Å². The number of aromatic nitrogens is 2. The standard InChI is InChI=1S/C43H42N4O6/c1-29-12-17-34(18-13-29)43(32-8-4-2-5-9-32,33-10-6-3-7-11-33)47-27-35(45-28-47)26-36(42(53)44-23-22-31-15-20-38(49)40(51)25-31)46-41(52)21-16-30-14-19-37(48)39(50)24-30/h2-15,17-20,24-25,27-28,36,48-51H,16,21-23,26H2,1H3,(H,44,53)(H,46,52)/t36-/m0/s1. The number of aromatic hydroxyl groups is 4. The maximum Gasteiger partial charge on any atom is 0.242 e. The summed E-state index contributed by atoms with van der Waals surface area (Å²) in [5.41, 5.74) is 5.32. The summed E-state index contributed by atoms with van der Waals surface area (Å²) in [7, 11) is 0. The number of amides is 2. The quantitative estimate of drug-likeness (QED) is 0.0610. The smallest absolute Gasteiger partial charge is 0.242 e. The van der Waals surface area contributed by atoms with Crippen LogP contribution in [0.25, 0.3) is 0 Å². The maximum absolute atomic E-state index is 13.7. The van der Waals surface area contributed by atoms with Gasteiger partial charge in [0.15, 0.2) is 23.0 Å². The summed E-state index contributed by atoms with van der Waals surface area (Å²) in [5, 5.41) is 44.9. The zero-order valence-electron chi connectivity index (χ0n) is 29.3. The highest BCUT2D eigenvalue weighted by Gasteiger charge is 2.38. The van der Waals surface area contributed by atoms with E-state index in [1.165, 1.54) is 24.3 Å². The molecular weight excluding hydrogens is 668 g/mol. The van der Waals surface area contributed by atoms with Gasteiger partial charge < -0.3 is 35.6 Å². The molecule has 6 N–H and O–H groups in total. The average Bonchev–Trinajstić information content (AvgIpc) is 3.63. The molecule has 1 atom stereocenters. The number of carbonyl (C=O) groups is 2. The molecule has 1 heterocycles. The Balaban J connectivity index is 1.30. The second kappa shape index (κ2) is 16.2. The van der Waals surface area contributed by atoms with Gasteiger partial charge in [-0.2, -0.15) is 0 Å². The zero-order valence-corrected chi connectivity index (χ0v) is 29.3. The van der Waals surface area contributed by atoms with Crippen LogP contribution >= 0.6 is 0 Å². The van der Waals surface area contributed by atoms with Crippen LogP contribution < -0.4 is 10.6 Å². The molecule has 0 unspecified atom stereocenters. The second-order valence-corrected chi connectivity index (χ2v) is 13.1. The molecule has 6 rings (SSSR count). The van der Waals surface area contributed by atoms with Crippen LogP contribution in [0.1, 0.15) is 45.5 Å². The lowest BCUT2D eigenvalue weighted by Crippen LogP contribution is -2.48. The predicted octanol–water partition coefficient (Wildman–Crippen LogP) is 5.87. The molecule has 0 fully saturated rings. The molecule has 0 aliphatic rings. The minimum absolute atomic E-state index is 0.0355. The Bertz CT molecular complexity index is 2130. The molecule has 0 bridgehead atoms. The highest BCUT2D eigenvalue weighted by molar-refractivity contribution is 5.88. The Labute approximate surface area is 308 Å². The Morgan fingerprint density at radius 2 is 1.25 bits per heavy atom. The van der Waals surface area contributed by atoms with Gasteiger partial charge in [-0.05, 0) is 71.8 Å². The van der Waals surface area contributed by atoms with Gasteiger partial charge in [0.05, 0.1) is 12.0 Å². The third-order valence-electron chi connectivity index (χ3n) is 9.37. The fourth-order valence-corrected chi connectivity index (χ4v) is 6.60. The van der Waals surface area contributed by atoms with Gasteiger partial charge >= 0.3 is 0 Å². The SMILES string of the molecule is Cc1ccc(C(c2ccccc2)(c2ccccc2)n2cnc(C[C@H](NC(=O)CCc3ccc(O)c(O)c3)C(=O)NCCc3ccc(O)c(O)c3)c2)cc1. The minimum atomic E-state index is -0.977. The summed E-state index contributed by atoms with van der Waals surface area (Å²) in [5.74, 6) is -1.77. The van der Waals surface area contributed by atoms with E-state index >= 15 is 0 Å². The Kier molecular flexibility index (Phi) is 11.1. The van der Waals surface area contributed by atoms with E-state index in [0.29, 0.717) is 23.2 Å². The summed E-state index contributed by atoms with van der Waals surface area (Å²) < 4.78 is 2.06. The number of imidazole rings is 1. The van der Waals surface area contributed by atoms with Crippen LogP contribution in [0.5, 0.6) is 23.0 Å². The molecule has 0 radical (unpaired) electrons. The van der Waals surface area contributed by atoms with Crippen molar-refractivity contribution in [3.8, 4) is 23.0 Å². The third-order valence-corrected chi connectivity index (χ3v) is 9.37. The number of benzene rings is 5. The molecule has 0 aliphatic heterocycles. The molecule has 0 spiro atoms. The first-order valence-corrected chi connectivity index (χ1v) is 17.4. The molecule has 10 nitrogen and oxygen atoms in total. The first-order valence-electron chi connectivity index (χ1n) is 17.4. The van der Waals surface area contributed by atoms with E-state index in [0.717, 1.165) is 22.3 Å². The largest absolute Gasteiger partial charge is 0.504 e. The Hall–Kier alpha value is -6.55. The summed E-state index contributed by atoms with van der Waals surface area (Å²) in [4.78, 5) is 31.8. The van der Waals surface area contributed by atoms with Crippen molar-refractivity contribution in [3.05, 3.63) is 173 Å². The molecule has 6 aromatic rings. The van der Waals surface area contributed by atoms with Crippen LogP contribution in [0.15, 0.2) is 134 Å². The number of hydrogen-bond acceptors (Lipinski definition) is 7. The van der Waals surface area contributed by atoms with Gasteiger partial charge in [-0.25, -0.2) is 4.98 Å². The van der Waals surface area contributed by atoms with Crippen molar-refractivity contribution in [3.63, 3.8) is 0 Å². The fourth-order valence-electron chi connectivity index (χ4n) is 6.60. The molecule has 0 saturated carbocycles. The maximum atomic E-state index is 13.7. The predicted molar refractivity (Wildman–Crippen MR) is 202 cm³/mol. The van der Waals surface area contributed by atoms with Crippen molar-refractivity contribution in [2.75, 3.05) is 6.54 Å². The molecule has 0 aliphatic carbocycles. The van der Waals surface area contributed by atoms with Crippen molar-refractivity contribution >= 4 is 11.8 Å². The van der Waals surface area contributed by atoms with Crippen LogP contribution in [-0.2, 0) is 34.4 Å². The lowest BCUT2D eigenvalue weighted by molar-refractivity contribution is -0.129. The highest BCUT2D eigenvalue weighted by Crippen LogP contribution is 2.41. The van der Waals surface area contributed by atoms with Crippen molar-refractivity contribution < 1.29 is 30.0 Å². The highest BCUT2D eigenvalue weighted by atomic mass is 16.3. The first kappa shape index (κ1) is 36.2. The number of carbonyl (C=O) groups excluding carboxylic acids is 2. The molecule has 5 aromatic carbocycles. The van der Waals surface area contributed by atoms with Crippen molar-refractivity contribution in [2.24, 2.45) is 0 Å². The average molecular weight is 711 g/mol. The second-order valence-electron chi connectivity index (χ2n) is 13.1. The molecular formula is C43H42N4O6. The van der Waals surface area contributed by atoms with Gasteiger partial charge in [-0.15, -0.1) is 0 Å². The van der Waals surface area contributed by atoms with Gasteiger partial charge in [0.1, 0.15) is 11.6 Å². The van der Waals surface area contributed by atoms with Gasteiger partial charge in [0.2, 0.25) is 11.8 Å². The summed E-state index contributed by atoms with van der Waals surface area (Å²) in [6.07, 6.45) is 4.48. The van der Waals surface area contributed by atoms with Crippen LogP contribution in [0.2, 0.25) is 0 Å². The van der Waals surface area contributed by atoms with E-state index < -0.39 is 17.5 Å². The van der Waals surface area contributed by atoms with Gasteiger partial charge in [0.25, 0.3) is 0 Å². The van der Waals surface area contributed by atoms with E-state index in [1.807, 2.05) is 42.6 Å². The number of nitrogens with zero attached hydrogens (tertiary/aromatic N) is 2. The molecule has 53 heavy (non-hydrogen) atoms. The molecule has 2 amide bonds. The number of phenols is 4. The molecule has 1 aromatic heterocycles. The lowest BCUT2D eigenvalue weighted by atomic mass is 9.76. The normalized spacial score (nSPS) is 11.9. The van der Waals surface area contributed by atoms with Crippen LogP contribution in [-0.4, -0.2) is 54.4 Å². The van der Waals surface area contributed by atoms with Crippen LogP contribution in [0, 0.1) is 6.92 Å². The third kappa shape index (κ3) is 8.34. The number of phenolic OH excluding ortho intramolecular Hbond substituents is 4. The van der Waals surface area contributed by atoms with Crippen LogP contribution in [0.4, 0.5) is 0 Å². The van der Waals surface area contributed by atoms with Gasteiger partial charge in [-0.3, -0.25) is 9.59 Å². The topological polar surface area (TPSA) is 157 Å². The zero-order chi connectivity index (χ0) is 37.4. The van der Waals surface area contributed by atoms with E-state index in [4.69, 9.17) is 4.98 Å². The summed E-state index contributed by atoms with van der Waals surface area (Å²) >= 11 is 0. The minimum Gasteiger partial charge on any atom is -0.504 e. The molecule has 0 saturated heterocycles. The van der Waals surface area contributed by atoms with E-state index in [1.54, 1.807) is 18.5 Å². The van der Waals surface area contributed by atoms with Crippen LogP contribution in [0.3, 0.4) is 0 Å². The summed E-state index contributed by atoms with van der Waals surface area (Å²) in [6.45, 7) is 2.27. The Morgan fingerprint density at radius 1 is 0.698 bits per heavy atom. The van der Waals surface area contributed by atoms with Gasteiger partial charge in [-0.1, -0.05) is 103 Å². The summed E-state index contributed by atoms with van der Waals surface area (Å²) in [6, 6.07) is 36.7. The van der Waals surface area contributed by atoms with Crippen molar-refractivity contribution in [1.82, 2.24) is 20.2 Å². The number of hydrogen-bond donors (Lipinski definition) is 6.